The molecular weight excluding hydrogens is 408 g/mol. The lowest BCUT2D eigenvalue weighted by Gasteiger charge is -2.35. The number of thioether (sulfide) groups is 1. The van der Waals surface area contributed by atoms with Crippen molar-refractivity contribution in [1.82, 2.24) is 10.2 Å². The molecule has 0 aromatic heterocycles. The highest BCUT2D eigenvalue weighted by molar-refractivity contribution is 8.08. The zero-order chi connectivity index (χ0) is 21.5. The molecule has 2 aliphatic rings. The molecule has 1 atom stereocenters. The van der Waals surface area contributed by atoms with Crippen LogP contribution in [-0.4, -0.2) is 49.9 Å². The average molecular weight is 439 g/mol. The Bertz CT molecular complexity index is 893. The Hall–Kier alpha value is -2.44. The van der Waals surface area contributed by atoms with Crippen molar-refractivity contribution < 1.29 is 14.3 Å². The Morgan fingerprint density at radius 3 is 2.55 bits per heavy atom. The number of hydrogen-bond acceptors (Lipinski definition) is 5. The van der Waals surface area contributed by atoms with Crippen LogP contribution in [0.1, 0.15) is 36.4 Å². The van der Waals surface area contributed by atoms with Crippen LogP contribution in [0.4, 0.5) is 0 Å². The monoisotopic (exact) mass is 438 g/mol. The summed E-state index contributed by atoms with van der Waals surface area (Å²) in [6.45, 7) is 3.20. The molecule has 1 saturated heterocycles. The molecule has 0 saturated carbocycles. The zero-order valence-corrected chi connectivity index (χ0v) is 18.8. The van der Waals surface area contributed by atoms with Gasteiger partial charge in [0.05, 0.1) is 24.7 Å². The third kappa shape index (κ3) is 5.43. The number of likely N-dealkylation sites (tertiary alicyclic amines) is 1. The summed E-state index contributed by atoms with van der Waals surface area (Å²) in [6, 6.07) is 18.3. The van der Waals surface area contributed by atoms with E-state index in [2.05, 4.69) is 22.3 Å². The first-order valence-electron chi connectivity index (χ1n) is 11.0. The minimum Gasteiger partial charge on any atom is -0.497 e. The van der Waals surface area contributed by atoms with Crippen molar-refractivity contribution in [3.63, 3.8) is 0 Å². The molecule has 31 heavy (non-hydrogen) atoms. The van der Waals surface area contributed by atoms with Crippen LogP contribution in [0.25, 0.3) is 4.91 Å². The van der Waals surface area contributed by atoms with Crippen LogP contribution in [0.2, 0.25) is 0 Å². The highest BCUT2D eigenvalue weighted by Gasteiger charge is 2.26. The molecule has 1 unspecified atom stereocenters. The van der Waals surface area contributed by atoms with Crippen molar-refractivity contribution in [2.75, 3.05) is 39.1 Å². The molecule has 0 bridgehead atoms. The number of carbonyl (C=O) groups excluding carboxylic acids is 1. The number of ether oxygens (including phenoxy) is 2. The number of rotatable bonds is 7. The molecule has 0 radical (unpaired) electrons. The summed E-state index contributed by atoms with van der Waals surface area (Å²) in [6.07, 6.45) is 3.67. The fraction of sp³-hybridized carbons (Fsp3) is 0.400. The number of methoxy groups -OCH3 is 1. The van der Waals surface area contributed by atoms with Crippen molar-refractivity contribution >= 4 is 22.6 Å². The predicted octanol–water partition coefficient (Wildman–Crippen LogP) is 4.47. The summed E-state index contributed by atoms with van der Waals surface area (Å²) in [4.78, 5) is 16.6. The van der Waals surface area contributed by atoms with Gasteiger partial charge in [0, 0.05) is 12.3 Å². The lowest BCUT2D eigenvalue weighted by Crippen LogP contribution is -2.41. The third-order valence-electron chi connectivity index (χ3n) is 5.81. The van der Waals surface area contributed by atoms with Crippen LogP contribution >= 0.6 is 11.8 Å². The van der Waals surface area contributed by atoms with Gasteiger partial charge in [0.2, 0.25) is 0 Å². The third-order valence-corrected chi connectivity index (χ3v) is 6.89. The quantitative estimate of drug-likeness (QED) is 0.691. The number of carbonyl (C=O) groups is 1. The van der Waals surface area contributed by atoms with E-state index in [0.29, 0.717) is 18.9 Å². The standard InChI is InChI=1S/C25H30N2O3S/c1-29-21-12-10-19(11-13-21)22(27-14-6-3-7-15-27)18-26-25(28)23-24(31-17-16-30-23)20-8-4-2-5-9-20/h2,4-5,8-13,22H,3,6-7,14-18H2,1H3,(H,26,28). The summed E-state index contributed by atoms with van der Waals surface area (Å²) in [5.74, 6) is 2.00. The van der Waals surface area contributed by atoms with Gasteiger partial charge in [0.15, 0.2) is 5.76 Å². The van der Waals surface area contributed by atoms with Crippen molar-refractivity contribution in [1.29, 1.82) is 0 Å². The largest absolute Gasteiger partial charge is 0.497 e. The van der Waals surface area contributed by atoms with E-state index in [9.17, 15) is 4.79 Å². The highest BCUT2D eigenvalue weighted by Crippen LogP contribution is 2.35. The number of amides is 1. The Kier molecular flexibility index (Phi) is 7.54. The van der Waals surface area contributed by atoms with Crippen LogP contribution in [0.5, 0.6) is 5.75 Å². The molecule has 164 valence electrons. The molecule has 5 nitrogen and oxygen atoms in total. The second-order valence-electron chi connectivity index (χ2n) is 7.82. The molecule has 0 aliphatic carbocycles. The first-order chi connectivity index (χ1) is 15.3. The van der Waals surface area contributed by atoms with Crippen molar-refractivity contribution in [3.05, 3.63) is 71.5 Å². The lowest BCUT2D eigenvalue weighted by molar-refractivity contribution is -0.121. The van der Waals surface area contributed by atoms with E-state index in [-0.39, 0.29) is 11.9 Å². The smallest absolute Gasteiger partial charge is 0.287 e. The van der Waals surface area contributed by atoms with Crippen LogP contribution < -0.4 is 10.1 Å². The zero-order valence-electron chi connectivity index (χ0n) is 18.0. The van der Waals surface area contributed by atoms with E-state index in [1.807, 2.05) is 42.5 Å². The molecule has 2 heterocycles. The average Bonchev–Trinajstić information content (AvgIpc) is 2.85. The summed E-state index contributed by atoms with van der Waals surface area (Å²) in [7, 11) is 1.68. The van der Waals surface area contributed by atoms with Gasteiger partial charge in [-0.1, -0.05) is 48.9 Å². The van der Waals surface area contributed by atoms with Crippen molar-refractivity contribution in [2.24, 2.45) is 0 Å². The molecule has 1 amide bonds. The van der Waals surface area contributed by atoms with E-state index < -0.39 is 0 Å². The van der Waals surface area contributed by atoms with E-state index in [1.165, 1.54) is 24.8 Å². The van der Waals surface area contributed by atoms with E-state index >= 15 is 0 Å². The van der Waals surface area contributed by atoms with Crippen molar-refractivity contribution in [3.8, 4) is 5.75 Å². The van der Waals surface area contributed by atoms with Crippen LogP contribution in [0.15, 0.2) is 60.4 Å². The predicted molar refractivity (Wildman–Crippen MR) is 126 cm³/mol. The summed E-state index contributed by atoms with van der Waals surface area (Å²) in [5.41, 5.74) is 2.22. The molecule has 2 aromatic rings. The van der Waals surface area contributed by atoms with Gasteiger partial charge >= 0.3 is 0 Å². The minimum absolute atomic E-state index is 0.132. The topological polar surface area (TPSA) is 50.8 Å². The Morgan fingerprint density at radius 1 is 1.10 bits per heavy atom. The maximum atomic E-state index is 13.2. The molecule has 6 heteroatoms. The molecule has 4 rings (SSSR count). The van der Waals surface area contributed by atoms with E-state index in [4.69, 9.17) is 9.47 Å². The maximum Gasteiger partial charge on any atom is 0.287 e. The second-order valence-corrected chi connectivity index (χ2v) is 8.92. The van der Waals surface area contributed by atoms with Gasteiger partial charge in [0.1, 0.15) is 5.75 Å². The number of benzene rings is 2. The van der Waals surface area contributed by atoms with Gasteiger partial charge in [-0.15, -0.1) is 11.8 Å². The molecule has 2 aliphatic heterocycles. The SMILES string of the molecule is COc1ccc(C(CNC(=O)C2=C(c3ccccc3)SCCO2)N2CCCCC2)cc1. The van der Waals surface area contributed by atoms with E-state index in [1.54, 1.807) is 18.9 Å². The van der Waals surface area contributed by atoms with Crippen LogP contribution in [0.3, 0.4) is 0 Å². The normalized spacial score (nSPS) is 18.2. The first-order valence-corrected chi connectivity index (χ1v) is 12.0. The number of hydrogen-bond donors (Lipinski definition) is 1. The second kappa shape index (κ2) is 10.7. The van der Waals surface area contributed by atoms with Gasteiger partial charge in [-0.05, 0) is 49.2 Å². The summed E-state index contributed by atoms with van der Waals surface area (Å²) in [5, 5.41) is 3.17. The molecule has 1 N–H and O–H groups in total. The Morgan fingerprint density at radius 2 is 1.84 bits per heavy atom. The minimum atomic E-state index is -0.137. The number of nitrogens with one attached hydrogen (secondary N) is 1. The molecule has 1 fully saturated rings. The highest BCUT2D eigenvalue weighted by atomic mass is 32.2. The Labute approximate surface area is 188 Å². The van der Waals surface area contributed by atoms with Gasteiger partial charge in [-0.3, -0.25) is 9.69 Å². The molecule has 0 spiro atoms. The number of nitrogens with zero attached hydrogens (tertiary/aromatic N) is 1. The first kappa shape index (κ1) is 21.8. The van der Waals surface area contributed by atoms with Gasteiger partial charge in [-0.25, -0.2) is 0 Å². The molecule has 2 aromatic carbocycles. The van der Waals surface area contributed by atoms with Crippen LogP contribution in [-0.2, 0) is 9.53 Å². The Balaban J connectivity index is 1.52. The van der Waals surface area contributed by atoms with Crippen molar-refractivity contribution in [2.45, 2.75) is 25.3 Å². The van der Waals surface area contributed by atoms with Gasteiger partial charge in [0.25, 0.3) is 5.91 Å². The fourth-order valence-corrected chi connectivity index (χ4v) is 5.13. The maximum absolute atomic E-state index is 13.2. The molecular formula is C25H30N2O3S. The van der Waals surface area contributed by atoms with Gasteiger partial charge in [-0.2, -0.15) is 0 Å². The van der Waals surface area contributed by atoms with Gasteiger partial charge < -0.3 is 14.8 Å². The van der Waals surface area contributed by atoms with E-state index in [0.717, 1.165) is 35.1 Å². The summed E-state index contributed by atoms with van der Waals surface area (Å²) < 4.78 is 11.2. The lowest BCUT2D eigenvalue weighted by atomic mass is 10.0. The summed E-state index contributed by atoms with van der Waals surface area (Å²) >= 11 is 1.69. The number of piperidine rings is 1. The van der Waals surface area contributed by atoms with Crippen LogP contribution in [0, 0.1) is 0 Å². The fourth-order valence-electron chi connectivity index (χ4n) is 4.17.